The maximum absolute atomic E-state index is 5.70. The molecule has 1 aromatic carbocycles. The van der Waals surface area contributed by atoms with Crippen LogP contribution in [0.3, 0.4) is 0 Å². The highest BCUT2D eigenvalue weighted by Gasteiger charge is 2.16. The summed E-state index contributed by atoms with van der Waals surface area (Å²) in [6.07, 6.45) is 8.06. The third kappa shape index (κ3) is 3.49. The Bertz CT molecular complexity index is 356. The van der Waals surface area contributed by atoms with E-state index < -0.39 is 0 Å². The first-order valence-electron chi connectivity index (χ1n) is 7.30. The smallest absolute Gasteiger partial charge is 0.0396 e. The lowest BCUT2D eigenvalue weighted by Crippen LogP contribution is -2.27. The summed E-state index contributed by atoms with van der Waals surface area (Å²) in [5.74, 6) is 0.884. The van der Waals surface area contributed by atoms with E-state index in [0.29, 0.717) is 0 Å². The van der Waals surface area contributed by atoms with Crippen LogP contribution in [0.4, 0.5) is 5.69 Å². The Morgan fingerprint density at radius 1 is 1.17 bits per heavy atom. The van der Waals surface area contributed by atoms with Gasteiger partial charge in [0.2, 0.25) is 0 Å². The molecule has 0 heterocycles. The molecule has 1 aromatic rings. The van der Waals surface area contributed by atoms with E-state index in [4.69, 9.17) is 5.73 Å². The van der Waals surface area contributed by atoms with Crippen LogP contribution in [0.25, 0.3) is 0 Å². The summed E-state index contributed by atoms with van der Waals surface area (Å²) in [6, 6.07) is 8.68. The van der Waals surface area contributed by atoms with Gasteiger partial charge in [-0.05, 0) is 43.4 Å². The van der Waals surface area contributed by atoms with Crippen molar-refractivity contribution in [1.29, 1.82) is 0 Å². The van der Waals surface area contributed by atoms with E-state index in [0.717, 1.165) is 18.9 Å². The summed E-state index contributed by atoms with van der Waals surface area (Å²) >= 11 is 0. The second-order valence-corrected chi connectivity index (χ2v) is 5.55. The predicted octanol–water partition coefficient (Wildman–Crippen LogP) is 3.20. The lowest BCUT2D eigenvalue weighted by Gasteiger charge is -2.29. The molecule has 0 unspecified atom stereocenters. The van der Waals surface area contributed by atoms with E-state index in [2.05, 4.69) is 36.2 Å². The second kappa shape index (κ2) is 6.79. The molecule has 1 aliphatic rings. The van der Waals surface area contributed by atoms with Crippen molar-refractivity contribution in [2.75, 3.05) is 25.0 Å². The van der Waals surface area contributed by atoms with Gasteiger partial charge in [-0.3, -0.25) is 0 Å². The van der Waals surface area contributed by atoms with Gasteiger partial charge in [0.1, 0.15) is 0 Å². The highest BCUT2D eigenvalue weighted by Crippen LogP contribution is 2.27. The summed E-state index contributed by atoms with van der Waals surface area (Å²) in [6.45, 7) is 1.93. The van der Waals surface area contributed by atoms with Crippen LogP contribution in [-0.2, 0) is 6.42 Å². The molecule has 1 aliphatic carbocycles. The van der Waals surface area contributed by atoms with Crippen molar-refractivity contribution in [1.82, 2.24) is 0 Å². The lowest BCUT2D eigenvalue weighted by molar-refractivity contribution is 0.362. The number of nitrogens with two attached hydrogens (primary N) is 1. The fraction of sp³-hybridized carbons (Fsp3) is 0.625. The number of hydrogen-bond acceptors (Lipinski definition) is 2. The number of rotatable bonds is 5. The topological polar surface area (TPSA) is 29.3 Å². The van der Waals surface area contributed by atoms with Gasteiger partial charge in [0.25, 0.3) is 0 Å². The summed E-state index contributed by atoms with van der Waals surface area (Å²) < 4.78 is 0. The molecular weight excluding hydrogens is 220 g/mol. The van der Waals surface area contributed by atoms with Gasteiger partial charge in [0.15, 0.2) is 0 Å². The molecule has 0 radical (unpaired) electrons. The van der Waals surface area contributed by atoms with Crippen LogP contribution in [0.2, 0.25) is 0 Å². The first kappa shape index (κ1) is 13.4. The molecule has 0 bridgehead atoms. The number of hydrogen-bond donors (Lipinski definition) is 1. The van der Waals surface area contributed by atoms with Crippen LogP contribution in [0.5, 0.6) is 0 Å². The minimum atomic E-state index is 0.730. The van der Waals surface area contributed by atoms with Gasteiger partial charge in [-0.2, -0.15) is 0 Å². The van der Waals surface area contributed by atoms with Crippen molar-refractivity contribution in [2.24, 2.45) is 11.7 Å². The zero-order valence-electron chi connectivity index (χ0n) is 11.6. The molecule has 2 rings (SSSR count). The largest absolute Gasteiger partial charge is 0.374 e. The molecule has 2 N–H and O–H groups in total. The van der Waals surface area contributed by atoms with Crippen LogP contribution in [0.1, 0.15) is 37.7 Å². The first-order chi connectivity index (χ1) is 8.81. The van der Waals surface area contributed by atoms with Crippen molar-refractivity contribution < 1.29 is 0 Å². The molecule has 0 spiro atoms. The zero-order chi connectivity index (χ0) is 12.8. The SMILES string of the molecule is CN(CC1CCCCC1)c1ccccc1CCN. The molecule has 18 heavy (non-hydrogen) atoms. The highest BCUT2D eigenvalue weighted by atomic mass is 15.1. The Morgan fingerprint density at radius 3 is 2.61 bits per heavy atom. The Balaban J connectivity index is 2.00. The third-order valence-corrected chi connectivity index (χ3v) is 4.07. The average molecular weight is 246 g/mol. The summed E-state index contributed by atoms with van der Waals surface area (Å²) in [4.78, 5) is 2.43. The first-order valence-corrected chi connectivity index (χ1v) is 7.30. The molecule has 2 heteroatoms. The number of anilines is 1. The Labute approximate surface area is 111 Å². The monoisotopic (exact) mass is 246 g/mol. The Hall–Kier alpha value is -1.02. The van der Waals surface area contributed by atoms with Crippen molar-refractivity contribution in [3.05, 3.63) is 29.8 Å². The summed E-state index contributed by atoms with van der Waals surface area (Å²) in [5.41, 5.74) is 8.45. The Morgan fingerprint density at radius 2 is 1.89 bits per heavy atom. The summed E-state index contributed by atoms with van der Waals surface area (Å²) in [5, 5.41) is 0. The van der Waals surface area contributed by atoms with Crippen LogP contribution < -0.4 is 10.6 Å². The van der Waals surface area contributed by atoms with Gasteiger partial charge in [-0.25, -0.2) is 0 Å². The number of nitrogens with zero attached hydrogens (tertiary/aromatic N) is 1. The Kier molecular flexibility index (Phi) is 5.06. The average Bonchev–Trinajstić information content (AvgIpc) is 2.41. The fourth-order valence-electron chi connectivity index (χ4n) is 3.11. The molecule has 0 aromatic heterocycles. The molecule has 0 amide bonds. The highest BCUT2D eigenvalue weighted by molar-refractivity contribution is 5.53. The van der Waals surface area contributed by atoms with Crippen molar-refractivity contribution in [3.63, 3.8) is 0 Å². The molecule has 1 fully saturated rings. The molecule has 0 atom stereocenters. The molecular formula is C16H26N2. The molecule has 100 valence electrons. The van der Waals surface area contributed by atoms with E-state index in [9.17, 15) is 0 Å². The van der Waals surface area contributed by atoms with Crippen LogP contribution in [-0.4, -0.2) is 20.1 Å². The minimum absolute atomic E-state index is 0.730. The fourth-order valence-corrected chi connectivity index (χ4v) is 3.11. The van der Waals surface area contributed by atoms with Gasteiger partial charge in [0.05, 0.1) is 0 Å². The second-order valence-electron chi connectivity index (χ2n) is 5.55. The van der Waals surface area contributed by atoms with Gasteiger partial charge in [-0.15, -0.1) is 0 Å². The van der Waals surface area contributed by atoms with E-state index in [-0.39, 0.29) is 0 Å². The van der Waals surface area contributed by atoms with E-state index in [1.54, 1.807) is 0 Å². The number of para-hydroxylation sites is 1. The summed E-state index contributed by atoms with van der Waals surface area (Å²) in [7, 11) is 2.23. The molecule has 1 saturated carbocycles. The molecule has 0 saturated heterocycles. The van der Waals surface area contributed by atoms with E-state index in [1.165, 1.54) is 49.9 Å². The normalized spacial score (nSPS) is 16.8. The lowest BCUT2D eigenvalue weighted by atomic mass is 9.89. The van der Waals surface area contributed by atoms with Gasteiger partial charge in [-0.1, -0.05) is 37.5 Å². The van der Waals surface area contributed by atoms with Gasteiger partial charge < -0.3 is 10.6 Å². The predicted molar refractivity (Wildman–Crippen MR) is 79.0 cm³/mol. The van der Waals surface area contributed by atoms with Crippen LogP contribution >= 0.6 is 0 Å². The minimum Gasteiger partial charge on any atom is -0.374 e. The number of benzene rings is 1. The van der Waals surface area contributed by atoms with Crippen molar-refractivity contribution in [2.45, 2.75) is 38.5 Å². The zero-order valence-corrected chi connectivity index (χ0v) is 11.6. The van der Waals surface area contributed by atoms with Crippen molar-refractivity contribution in [3.8, 4) is 0 Å². The van der Waals surface area contributed by atoms with Crippen molar-refractivity contribution >= 4 is 5.69 Å². The molecule has 0 aliphatic heterocycles. The maximum atomic E-state index is 5.70. The maximum Gasteiger partial charge on any atom is 0.0396 e. The molecule has 2 nitrogen and oxygen atoms in total. The van der Waals surface area contributed by atoms with Gasteiger partial charge in [0, 0.05) is 19.3 Å². The third-order valence-electron chi connectivity index (χ3n) is 4.07. The standard InChI is InChI=1S/C16H26N2/c1-18(13-14-7-3-2-4-8-14)16-10-6-5-9-15(16)11-12-17/h5-6,9-10,14H,2-4,7-8,11-13,17H2,1H3. The quantitative estimate of drug-likeness (QED) is 0.864. The van der Waals surface area contributed by atoms with E-state index in [1.807, 2.05) is 0 Å². The van der Waals surface area contributed by atoms with Gasteiger partial charge >= 0.3 is 0 Å². The van der Waals surface area contributed by atoms with E-state index >= 15 is 0 Å². The van der Waals surface area contributed by atoms with Crippen LogP contribution in [0, 0.1) is 5.92 Å². The van der Waals surface area contributed by atoms with Crippen LogP contribution in [0.15, 0.2) is 24.3 Å².